The lowest BCUT2D eigenvalue weighted by molar-refractivity contribution is -0.140. The maximum Gasteiger partial charge on any atom is 0.307 e. The lowest BCUT2D eigenvalue weighted by atomic mass is 10.2. The summed E-state index contributed by atoms with van der Waals surface area (Å²) in [4.78, 5) is 11.3. The third-order valence-electron chi connectivity index (χ3n) is 2.40. The molecule has 1 N–H and O–H groups in total. The number of hydrogen-bond donors (Lipinski definition) is 1. The number of esters is 1. The number of anilines is 1. The van der Waals surface area contributed by atoms with Crippen LogP contribution in [0.2, 0.25) is 0 Å². The predicted octanol–water partition coefficient (Wildman–Crippen LogP) is 1.45. The minimum atomic E-state index is -3.17. The van der Waals surface area contributed by atoms with Crippen LogP contribution in [-0.4, -0.2) is 33.8 Å². The number of rotatable bonds is 5. The zero-order valence-corrected chi connectivity index (χ0v) is 11.5. The number of methoxy groups -OCH3 is 1. The fourth-order valence-corrected chi connectivity index (χ4v) is 2.10. The molecule has 18 heavy (non-hydrogen) atoms. The minimum absolute atomic E-state index is 0.0819. The van der Waals surface area contributed by atoms with Crippen molar-refractivity contribution in [2.75, 3.05) is 18.7 Å². The largest absolute Gasteiger partial charge is 0.469 e. The maximum absolute atomic E-state index is 11.3. The van der Waals surface area contributed by atoms with Crippen LogP contribution in [0.25, 0.3) is 0 Å². The number of hydrogen-bond acceptors (Lipinski definition) is 5. The molecule has 0 aliphatic carbocycles. The van der Waals surface area contributed by atoms with E-state index in [1.165, 1.54) is 19.2 Å². The van der Waals surface area contributed by atoms with Crippen LogP contribution in [0.4, 0.5) is 5.69 Å². The summed E-state index contributed by atoms with van der Waals surface area (Å²) in [6.07, 6.45) is 1.42. The summed E-state index contributed by atoms with van der Waals surface area (Å²) in [5, 5.41) is 3.09. The summed E-state index contributed by atoms with van der Waals surface area (Å²) in [7, 11) is -1.83. The lowest BCUT2D eigenvalue weighted by Gasteiger charge is -2.14. The minimum Gasteiger partial charge on any atom is -0.469 e. The molecule has 0 saturated heterocycles. The Morgan fingerprint density at radius 2 is 1.89 bits per heavy atom. The third kappa shape index (κ3) is 4.37. The normalized spacial score (nSPS) is 12.8. The predicted molar refractivity (Wildman–Crippen MR) is 69.3 cm³/mol. The van der Waals surface area contributed by atoms with Gasteiger partial charge in [0.05, 0.1) is 18.4 Å². The van der Waals surface area contributed by atoms with Gasteiger partial charge in [0, 0.05) is 18.0 Å². The molecule has 0 heterocycles. The van der Waals surface area contributed by atoms with E-state index in [-0.39, 0.29) is 23.3 Å². The Morgan fingerprint density at radius 1 is 1.33 bits per heavy atom. The van der Waals surface area contributed by atoms with E-state index in [0.29, 0.717) is 0 Å². The summed E-state index contributed by atoms with van der Waals surface area (Å²) < 4.78 is 27.1. The van der Waals surface area contributed by atoms with Gasteiger partial charge >= 0.3 is 5.97 Å². The molecule has 0 amide bonds. The van der Waals surface area contributed by atoms with Crippen molar-refractivity contribution in [1.29, 1.82) is 0 Å². The van der Waals surface area contributed by atoms with Gasteiger partial charge in [-0.05, 0) is 31.2 Å². The van der Waals surface area contributed by atoms with Crippen molar-refractivity contribution >= 4 is 21.5 Å². The van der Waals surface area contributed by atoms with Gasteiger partial charge in [0.15, 0.2) is 9.84 Å². The van der Waals surface area contributed by atoms with Crippen LogP contribution < -0.4 is 5.32 Å². The monoisotopic (exact) mass is 271 g/mol. The topological polar surface area (TPSA) is 72.5 Å². The SMILES string of the molecule is COC(=O)CC(C)Nc1ccc(S(C)(=O)=O)cc1. The number of nitrogens with one attached hydrogen (secondary N) is 1. The van der Waals surface area contributed by atoms with Crippen LogP contribution in [-0.2, 0) is 19.4 Å². The molecular formula is C12H17NO4S. The quantitative estimate of drug-likeness (QED) is 0.821. The Balaban J connectivity index is 2.67. The van der Waals surface area contributed by atoms with Crippen LogP contribution in [0.3, 0.4) is 0 Å². The number of sulfone groups is 1. The van der Waals surface area contributed by atoms with Gasteiger partial charge in [0.2, 0.25) is 0 Å². The average molecular weight is 271 g/mol. The molecule has 6 heteroatoms. The van der Waals surface area contributed by atoms with E-state index in [1.807, 2.05) is 6.92 Å². The fraction of sp³-hybridized carbons (Fsp3) is 0.417. The second-order valence-electron chi connectivity index (χ2n) is 4.12. The highest BCUT2D eigenvalue weighted by molar-refractivity contribution is 7.90. The molecule has 100 valence electrons. The van der Waals surface area contributed by atoms with Gasteiger partial charge in [-0.1, -0.05) is 0 Å². The van der Waals surface area contributed by atoms with Crippen molar-refractivity contribution in [2.24, 2.45) is 0 Å². The van der Waals surface area contributed by atoms with Crippen molar-refractivity contribution in [3.63, 3.8) is 0 Å². The molecule has 1 atom stereocenters. The molecule has 0 aliphatic rings. The number of ether oxygens (including phenoxy) is 1. The smallest absolute Gasteiger partial charge is 0.307 e. The first-order valence-electron chi connectivity index (χ1n) is 5.46. The first-order chi connectivity index (χ1) is 8.32. The molecule has 0 saturated carbocycles. The second kappa shape index (κ2) is 5.86. The molecule has 0 aliphatic heterocycles. The van der Waals surface area contributed by atoms with Crippen molar-refractivity contribution in [2.45, 2.75) is 24.3 Å². The van der Waals surface area contributed by atoms with Gasteiger partial charge in [0.25, 0.3) is 0 Å². The van der Waals surface area contributed by atoms with Crippen molar-refractivity contribution in [3.8, 4) is 0 Å². The third-order valence-corrected chi connectivity index (χ3v) is 3.52. The maximum atomic E-state index is 11.3. The average Bonchev–Trinajstić information content (AvgIpc) is 2.28. The zero-order chi connectivity index (χ0) is 13.8. The molecule has 0 fully saturated rings. The van der Waals surface area contributed by atoms with Crippen LogP contribution in [0.15, 0.2) is 29.2 Å². The van der Waals surface area contributed by atoms with E-state index in [1.54, 1.807) is 12.1 Å². The van der Waals surface area contributed by atoms with Gasteiger partial charge in [-0.15, -0.1) is 0 Å². The summed E-state index contributed by atoms with van der Waals surface area (Å²) in [5.41, 5.74) is 0.763. The Kier molecular flexibility index (Phi) is 4.72. The second-order valence-corrected chi connectivity index (χ2v) is 6.14. The highest BCUT2D eigenvalue weighted by Crippen LogP contribution is 2.15. The van der Waals surface area contributed by atoms with Crippen molar-refractivity contribution in [3.05, 3.63) is 24.3 Å². The Bertz CT molecular complexity index is 507. The molecular weight excluding hydrogens is 254 g/mol. The van der Waals surface area contributed by atoms with Crippen LogP contribution in [0.1, 0.15) is 13.3 Å². The van der Waals surface area contributed by atoms with E-state index in [2.05, 4.69) is 10.1 Å². The summed E-state index contributed by atoms with van der Waals surface area (Å²) >= 11 is 0. The van der Waals surface area contributed by atoms with Gasteiger partial charge in [0.1, 0.15) is 0 Å². The van der Waals surface area contributed by atoms with Crippen molar-refractivity contribution in [1.82, 2.24) is 0 Å². The molecule has 1 aromatic carbocycles. The fourth-order valence-electron chi connectivity index (χ4n) is 1.47. The highest BCUT2D eigenvalue weighted by Gasteiger charge is 2.10. The van der Waals surface area contributed by atoms with E-state index >= 15 is 0 Å². The summed E-state index contributed by atoms with van der Waals surface area (Å²) in [6, 6.07) is 6.32. The van der Waals surface area contributed by atoms with E-state index in [0.717, 1.165) is 11.9 Å². The van der Waals surface area contributed by atoms with Gasteiger partial charge < -0.3 is 10.1 Å². The van der Waals surface area contributed by atoms with Gasteiger partial charge in [-0.3, -0.25) is 4.79 Å². The first kappa shape index (κ1) is 14.5. The number of carbonyl (C=O) groups is 1. The van der Waals surface area contributed by atoms with Crippen LogP contribution in [0.5, 0.6) is 0 Å². The molecule has 5 nitrogen and oxygen atoms in total. The zero-order valence-electron chi connectivity index (χ0n) is 10.6. The van der Waals surface area contributed by atoms with Crippen LogP contribution >= 0.6 is 0 Å². The van der Waals surface area contributed by atoms with E-state index in [4.69, 9.17) is 0 Å². The van der Waals surface area contributed by atoms with Crippen molar-refractivity contribution < 1.29 is 17.9 Å². The van der Waals surface area contributed by atoms with E-state index < -0.39 is 9.84 Å². The Morgan fingerprint density at radius 3 is 2.33 bits per heavy atom. The Labute approximate surface area is 107 Å². The van der Waals surface area contributed by atoms with Gasteiger partial charge in [-0.2, -0.15) is 0 Å². The number of benzene rings is 1. The molecule has 1 rings (SSSR count). The molecule has 1 aromatic rings. The van der Waals surface area contributed by atoms with Gasteiger partial charge in [-0.25, -0.2) is 8.42 Å². The molecule has 0 aromatic heterocycles. The van der Waals surface area contributed by atoms with Crippen LogP contribution in [0, 0.1) is 0 Å². The first-order valence-corrected chi connectivity index (χ1v) is 7.35. The molecule has 0 bridgehead atoms. The number of carbonyl (C=O) groups excluding carboxylic acids is 1. The molecule has 0 spiro atoms. The summed E-state index contributed by atoms with van der Waals surface area (Å²) in [6.45, 7) is 1.85. The molecule has 1 unspecified atom stereocenters. The summed E-state index contributed by atoms with van der Waals surface area (Å²) in [5.74, 6) is -0.289. The lowest BCUT2D eigenvalue weighted by Crippen LogP contribution is -2.20. The highest BCUT2D eigenvalue weighted by atomic mass is 32.2. The standard InChI is InChI=1S/C12H17NO4S/c1-9(8-12(14)17-2)13-10-4-6-11(7-5-10)18(3,15)16/h4-7,9,13H,8H2,1-3H3. The Hall–Kier alpha value is -1.56. The molecule has 0 radical (unpaired) electrons. The van der Waals surface area contributed by atoms with E-state index in [9.17, 15) is 13.2 Å².